The Balaban J connectivity index is 1.82. The number of hydrogen-bond acceptors (Lipinski definition) is 4. The van der Waals surface area contributed by atoms with Crippen molar-refractivity contribution in [3.63, 3.8) is 0 Å². The van der Waals surface area contributed by atoms with E-state index in [1.165, 1.54) is 29.5 Å². The molecule has 1 aliphatic rings. The lowest BCUT2D eigenvalue weighted by Gasteiger charge is -2.16. The summed E-state index contributed by atoms with van der Waals surface area (Å²) >= 11 is 1.38. The van der Waals surface area contributed by atoms with E-state index in [2.05, 4.69) is 5.32 Å². The zero-order chi connectivity index (χ0) is 19.8. The smallest absolute Gasteiger partial charge is 0.282 e. The second-order valence-corrected chi connectivity index (χ2v) is 7.54. The Morgan fingerprint density at radius 2 is 1.79 bits per heavy atom. The van der Waals surface area contributed by atoms with Crippen LogP contribution in [0.15, 0.2) is 65.7 Å². The Morgan fingerprint density at radius 3 is 2.46 bits per heavy atom. The maximum atomic E-state index is 13.7. The second kappa shape index (κ2) is 7.05. The molecule has 1 N–H and O–H groups in total. The zero-order valence-corrected chi connectivity index (χ0v) is 16.1. The van der Waals surface area contributed by atoms with Gasteiger partial charge in [0.2, 0.25) is 0 Å². The van der Waals surface area contributed by atoms with Crippen molar-refractivity contribution in [1.29, 1.82) is 0 Å². The molecule has 140 valence electrons. The summed E-state index contributed by atoms with van der Waals surface area (Å²) in [6, 6.07) is 14.9. The van der Waals surface area contributed by atoms with Gasteiger partial charge >= 0.3 is 0 Å². The molecule has 0 saturated heterocycles. The molecule has 0 fully saturated rings. The third-order valence-corrected chi connectivity index (χ3v) is 5.45. The molecule has 0 bridgehead atoms. The molecule has 2 aromatic carbocycles. The number of carbonyl (C=O) groups excluding carboxylic acids is 2. The van der Waals surface area contributed by atoms with E-state index in [4.69, 9.17) is 0 Å². The summed E-state index contributed by atoms with van der Waals surface area (Å²) in [7, 11) is 0. The van der Waals surface area contributed by atoms with Crippen LogP contribution in [0.25, 0.3) is 5.57 Å². The molecule has 1 aliphatic heterocycles. The van der Waals surface area contributed by atoms with Crippen molar-refractivity contribution in [2.75, 3.05) is 10.2 Å². The highest BCUT2D eigenvalue weighted by molar-refractivity contribution is 7.11. The van der Waals surface area contributed by atoms with Crippen molar-refractivity contribution in [1.82, 2.24) is 0 Å². The third kappa shape index (κ3) is 3.12. The van der Waals surface area contributed by atoms with Gasteiger partial charge in [0.25, 0.3) is 11.8 Å². The molecule has 3 aromatic rings. The summed E-state index contributed by atoms with van der Waals surface area (Å²) in [5.74, 6) is -1.48. The van der Waals surface area contributed by atoms with Crippen LogP contribution < -0.4 is 10.2 Å². The molecule has 0 aliphatic carbocycles. The first kappa shape index (κ1) is 18.1. The number of nitrogens with one attached hydrogen (secondary N) is 1. The zero-order valence-electron chi connectivity index (χ0n) is 15.3. The topological polar surface area (TPSA) is 49.4 Å². The Labute approximate surface area is 165 Å². The highest BCUT2D eigenvalue weighted by Crippen LogP contribution is 2.36. The predicted octanol–water partition coefficient (Wildman–Crippen LogP) is 4.90. The molecule has 2 amide bonds. The van der Waals surface area contributed by atoms with Gasteiger partial charge in [0.05, 0.1) is 11.3 Å². The molecule has 4 rings (SSSR count). The van der Waals surface area contributed by atoms with E-state index in [1.807, 2.05) is 43.5 Å². The van der Waals surface area contributed by atoms with E-state index >= 15 is 0 Å². The molecule has 6 heteroatoms. The number of aryl methyl sites for hydroxylation is 2. The molecule has 1 aromatic heterocycles. The number of anilines is 2. The second-order valence-electron chi connectivity index (χ2n) is 6.60. The average molecular weight is 392 g/mol. The Morgan fingerprint density at radius 1 is 0.964 bits per heavy atom. The maximum absolute atomic E-state index is 13.7. The molecule has 0 unspecified atom stereocenters. The van der Waals surface area contributed by atoms with E-state index in [0.29, 0.717) is 10.5 Å². The van der Waals surface area contributed by atoms with Crippen LogP contribution in [0.2, 0.25) is 0 Å². The number of rotatable bonds is 4. The Hall–Kier alpha value is -3.25. The van der Waals surface area contributed by atoms with Gasteiger partial charge in [-0.25, -0.2) is 9.29 Å². The van der Waals surface area contributed by atoms with Gasteiger partial charge in [-0.05, 0) is 55.1 Å². The molecule has 0 radical (unpaired) electrons. The number of halogens is 1. The van der Waals surface area contributed by atoms with E-state index in [0.717, 1.165) is 21.7 Å². The Kier molecular flexibility index (Phi) is 4.57. The molecule has 2 heterocycles. The fourth-order valence-electron chi connectivity index (χ4n) is 3.23. The molecule has 0 spiro atoms. The summed E-state index contributed by atoms with van der Waals surface area (Å²) in [6.45, 7) is 3.93. The van der Waals surface area contributed by atoms with Crippen LogP contribution in [0.5, 0.6) is 0 Å². The minimum atomic E-state index is -0.508. The van der Waals surface area contributed by atoms with Gasteiger partial charge < -0.3 is 5.32 Å². The van der Waals surface area contributed by atoms with Crippen LogP contribution in [-0.4, -0.2) is 11.8 Å². The normalized spacial score (nSPS) is 14.2. The van der Waals surface area contributed by atoms with Crippen molar-refractivity contribution in [3.8, 4) is 0 Å². The number of amides is 2. The monoisotopic (exact) mass is 392 g/mol. The number of thiophene rings is 1. The first-order valence-corrected chi connectivity index (χ1v) is 9.60. The predicted molar refractivity (Wildman–Crippen MR) is 110 cm³/mol. The SMILES string of the molecule is Cc1ccc(NC2=C(c3cccs3)C(=O)N(c3cccc(F)c3)C2=O)c(C)c1. The number of nitrogens with zero attached hydrogens (tertiary/aromatic N) is 1. The number of hydrogen-bond donors (Lipinski definition) is 1. The first-order valence-electron chi connectivity index (χ1n) is 8.72. The fourth-order valence-corrected chi connectivity index (χ4v) is 4.00. The summed E-state index contributed by atoms with van der Waals surface area (Å²) in [5, 5.41) is 5.00. The van der Waals surface area contributed by atoms with Gasteiger partial charge in [-0.15, -0.1) is 11.3 Å². The lowest BCUT2D eigenvalue weighted by Crippen LogP contribution is -2.32. The molecule has 28 heavy (non-hydrogen) atoms. The van der Waals surface area contributed by atoms with Gasteiger partial charge in [-0.2, -0.15) is 0 Å². The molecule has 0 atom stereocenters. The standard InChI is InChI=1S/C22H17FN2O2S/c1-13-8-9-17(14(2)11-13)24-20-19(18-7-4-10-28-18)21(26)25(22(20)27)16-6-3-5-15(23)12-16/h3-12,24H,1-2H3. The Bertz CT molecular complexity index is 1120. The summed E-state index contributed by atoms with van der Waals surface area (Å²) in [6.07, 6.45) is 0. The minimum absolute atomic E-state index is 0.198. The highest BCUT2D eigenvalue weighted by atomic mass is 32.1. The van der Waals surface area contributed by atoms with Gasteiger partial charge in [0.1, 0.15) is 11.5 Å². The van der Waals surface area contributed by atoms with Crippen LogP contribution in [0.3, 0.4) is 0 Å². The average Bonchev–Trinajstić information content (AvgIpc) is 3.24. The van der Waals surface area contributed by atoms with Crippen molar-refractivity contribution in [2.24, 2.45) is 0 Å². The first-order chi connectivity index (χ1) is 13.5. The number of benzene rings is 2. The van der Waals surface area contributed by atoms with Gasteiger partial charge in [-0.3, -0.25) is 9.59 Å². The molecule has 4 nitrogen and oxygen atoms in total. The summed E-state index contributed by atoms with van der Waals surface area (Å²) < 4.78 is 13.7. The highest BCUT2D eigenvalue weighted by Gasteiger charge is 2.40. The fraction of sp³-hybridized carbons (Fsp3) is 0.0909. The van der Waals surface area contributed by atoms with Crippen LogP contribution in [0.4, 0.5) is 15.8 Å². The lowest BCUT2D eigenvalue weighted by atomic mass is 10.1. The maximum Gasteiger partial charge on any atom is 0.282 e. The third-order valence-electron chi connectivity index (χ3n) is 4.56. The van der Waals surface area contributed by atoms with Crippen molar-refractivity contribution >= 4 is 40.1 Å². The van der Waals surface area contributed by atoms with E-state index in [9.17, 15) is 14.0 Å². The van der Waals surface area contributed by atoms with Gasteiger partial charge in [0.15, 0.2) is 0 Å². The van der Waals surface area contributed by atoms with Crippen LogP contribution in [-0.2, 0) is 9.59 Å². The van der Waals surface area contributed by atoms with E-state index in [1.54, 1.807) is 12.1 Å². The van der Waals surface area contributed by atoms with Crippen LogP contribution in [0, 0.1) is 19.7 Å². The van der Waals surface area contributed by atoms with Crippen molar-refractivity contribution < 1.29 is 14.0 Å². The largest absolute Gasteiger partial charge is 0.350 e. The van der Waals surface area contributed by atoms with Gasteiger partial charge in [-0.1, -0.05) is 29.8 Å². The quantitative estimate of drug-likeness (QED) is 0.643. The number of carbonyl (C=O) groups is 2. The van der Waals surface area contributed by atoms with Crippen LogP contribution in [0.1, 0.15) is 16.0 Å². The molecular weight excluding hydrogens is 375 g/mol. The molecular formula is C22H17FN2O2S. The van der Waals surface area contributed by atoms with E-state index < -0.39 is 17.6 Å². The molecule has 0 saturated carbocycles. The van der Waals surface area contributed by atoms with Gasteiger partial charge in [0, 0.05) is 10.6 Å². The number of imide groups is 1. The minimum Gasteiger partial charge on any atom is -0.350 e. The van der Waals surface area contributed by atoms with Crippen LogP contribution >= 0.6 is 11.3 Å². The summed E-state index contributed by atoms with van der Waals surface area (Å²) in [5.41, 5.74) is 3.51. The summed E-state index contributed by atoms with van der Waals surface area (Å²) in [4.78, 5) is 28.0. The van der Waals surface area contributed by atoms with Crippen molar-refractivity contribution in [2.45, 2.75) is 13.8 Å². The van der Waals surface area contributed by atoms with Crippen molar-refractivity contribution in [3.05, 3.63) is 87.5 Å². The lowest BCUT2D eigenvalue weighted by molar-refractivity contribution is -0.120. The van der Waals surface area contributed by atoms with E-state index in [-0.39, 0.29) is 11.4 Å².